The van der Waals surface area contributed by atoms with Gasteiger partial charge in [0.05, 0.1) is 22.6 Å². The van der Waals surface area contributed by atoms with Crippen LogP contribution in [0.1, 0.15) is 42.4 Å². The zero-order valence-electron chi connectivity index (χ0n) is 20.3. The molecule has 11 heteroatoms. The lowest BCUT2D eigenvalue weighted by Crippen LogP contribution is -2.18. The summed E-state index contributed by atoms with van der Waals surface area (Å²) in [5.74, 6) is -3.64. The number of benzene rings is 2. The van der Waals surface area contributed by atoms with E-state index in [0.29, 0.717) is 28.0 Å². The van der Waals surface area contributed by atoms with E-state index in [4.69, 9.17) is 16.3 Å². The first-order chi connectivity index (χ1) is 17.6. The van der Waals surface area contributed by atoms with Gasteiger partial charge in [0.1, 0.15) is 17.7 Å². The zero-order valence-corrected chi connectivity index (χ0v) is 21.8. The third-order valence-electron chi connectivity index (χ3n) is 5.88. The zero-order chi connectivity index (χ0) is 26.9. The van der Waals surface area contributed by atoms with E-state index >= 15 is 4.39 Å². The molecule has 0 aliphatic heterocycles. The van der Waals surface area contributed by atoms with Crippen LogP contribution in [0.3, 0.4) is 0 Å². The van der Waals surface area contributed by atoms with Crippen molar-refractivity contribution in [1.82, 2.24) is 9.55 Å². The van der Waals surface area contributed by atoms with Crippen LogP contribution in [0, 0.1) is 11.6 Å². The second-order valence-corrected chi connectivity index (χ2v) is 10.7. The number of ether oxygens (including phenoxy) is 1. The molecule has 0 aliphatic rings. The highest BCUT2D eigenvalue weighted by molar-refractivity contribution is 7.92. The van der Waals surface area contributed by atoms with Gasteiger partial charge in [0.2, 0.25) is 15.8 Å². The van der Waals surface area contributed by atoms with Gasteiger partial charge in [0.25, 0.3) is 0 Å². The molecule has 0 radical (unpaired) electrons. The number of carbonyl (C=O) groups is 1. The van der Waals surface area contributed by atoms with Gasteiger partial charge in [-0.25, -0.2) is 22.2 Å². The Balaban J connectivity index is 1.88. The number of fused-ring (bicyclic) bond motifs is 1. The molecule has 0 amide bonds. The predicted octanol–water partition coefficient (Wildman–Crippen LogP) is 6.18. The van der Waals surface area contributed by atoms with Crippen molar-refractivity contribution in [2.24, 2.45) is 0 Å². The number of carbonyl (C=O) groups excluding carboxylic acids is 1. The summed E-state index contributed by atoms with van der Waals surface area (Å²) < 4.78 is 63.7. The molecule has 1 atom stereocenters. The average molecular weight is 548 g/mol. The lowest BCUT2D eigenvalue weighted by atomic mass is 10.00. The molecule has 7 nitrogen and oxygen atoms in total. The highest BCUT2D eigenvalue weighted by atomic mass is 35.5. The maximum Gasteiger partial charge on any atom is 0.232 e. The number of methoxy groups -OCH3 is 1. The number of nitrogens with one attached hydrogen (secondary N) is 1. The number of aromatic nitrogens is 2. The number of hydrogen-bond donors (Lipinski definition) is 1. The van der Waals surface area contributed by atoms with Gasteiger partial charge in [0.15, 0.2) is 5.82 Å². The molecule has 0 aliphatic carbocycles. The van der Waals surface area contributed by atoms with Crippen LogP contribution in [0.25, 0.3) is 22.2 Å². The molecular formula is C26H24ClF2N3O4S. The van der Waals surface area contributed by atoms with Crippen LogP contribution in [-0.2, 0) is 14.8 Å². The van der Waals surface area contributed by atoms with Gasteiger partial charge in [-0.05, 0) is 49.2 Å². The van der Waals surface area contributed by atoms with Crippen LogP contribution in [0.4, 0.5) is 14.5 Å². The maximum atomic E-state index is 15.4. The van der Waals surface area contributed by atoms with Crippen LogP contribution in [0.5, 0.6) is 0 Å². The van der Waals surface area contributed by atoms with Gasteiger partial charge in [-0.15, -0.1) is 0 Å². The lowest BCUT2D eigenvalue weighted by molar-refractivity contribution is 0.0636. The van der Waals surface area contributed by atoms with Crippen molar-refractivity contribution in [3.63, 3.8) is 0 Å². The van der Waals surface area contributed by atoms with Gasteiger partial charge in [-0.1, -0.05) is 30.7 Å². The average Bonchev–Trinajstić information content (AvgIpc) is 3.24. The number of nitrogens with zero attached hydrogens (tertiary/aromatic N) is 2. The van der Waals surface area contributed by atoms with Gasteiger partial charge in [-0.3, -0.25) is 9.52 Å². The van der Waals surface area contributed by atoms with Crippen molar-refractivity contribution in [1.29, 1.82) is 0 Å². The first kappa shape index (κ1) is 26.7. The minimum absolute atomic E-state index is 0.0198. The molecule has 4 aromatic rings. The Morgan fingerprint density at radius 2 is 1.86 bits per heavy atom. The van der Waals surface area contributed by atoms with Gasteiger partial charge < -0.3 is 9.30 Å². The first-order valence-electron chi connectivity index (χ1n) is 11.4. The second-order valence-electron chi connectivity index (χ2n) is 8.42. The monoisotopic (exact) mass is 547 g/mol. The SMILES string of the molecule is CCCS(=O)(=O)Nc1ccc(F)c(C(=O)c2cn(C(C)OC)c3ncc(-c4ccc(Cl)cc4)cc23)c1F. The summed E-state index contributed by atoms with van der Waals surface area (Å²) in [7, 11) is -2.40. The third-order valence-corrected chi connectivity index (χ3v) is 7.61. The molecule has 194 valence electrons. The van der Waals surface area contributed by atoms with Gasteiger partial charge in [-0.2, -0.15) is 0 Å². The van der Waals surface area contributed by atoms with E-state index in [-0.39, 0.29) is 11.3 Å². The van der Waals surface area contributed by atoms with E-state index in [1.54, 1.807) is 54.9 Å². The van der Waals surface area contributed by atoms with Crippen molar-refractivity contribution in [3.05, 3.63) is 82.6 Å². The van der Waals surface area contributed by atoms with E-state index in [1.165, 1.54) is 13.3 Å². The van der Waals surface area contributed by atoms with Gasteiger partial charge in [0, 0.05) is 35.5 Å². The van der Waals surface area contributed by atoms with Crippen molar-refractivity contribution >= 4 is 44.1 Å². The molecule has 2 aromatic heterocycles. The van der Waals surface area contributed by atoms with Crippen LogP contribution >= 0.6 is 11.6 Å². The molecule has 37 heavy (non-hydrogen) atoms. The number of rotatable bonds is 9. The normalized spacial score (nSPS) is 12.6. The number of anilines is 1. The van der Waals surface area contributed by atoms with Crippen molar-refractivity contribution in [2.45, 2.75) is 26.5 Å². The van der Waals surface area contributed by atoms with Crippen LogP contribution < -0.4 is 4.72 Å². The smallest absolute Gasteiger partial charge is 0.232 e. The summed E-state index contributed by atoms with van der Waals surface area (Å²) in [5, 5.41) is 0.895. The largest absolute Gasteiger partial charge is 0.362 e. The van der Waals surface area contributed by atoms with Crippen molar-refractivity contribution < 1.29 is 26.7 Å². The Bertz CT molecular complexity index is 1590. The number of hydrogen-bond acceptors (Lipinski definition) is 5. The molecule has 2 heterocycles. The minimum Gasteiger partial charge on any atom is -0.362 e. The molecule has 0 spiro atoms. The highest BCUT2D eigenvalue weighted by Crippen LogP contribution is 2.32. The Morgan fingerprint density at radius 1 is 1.16 bits per heavy atom. The molecule has 0 bridgehead atoms. The Morgan fingerprint density at radius 3 is 2.51 bits per heavy atom. The highest BCUT2D eigenvalue weighted by Gasteiger charge is 2.27. The van der Waals surface area contributed by atoms with Crippen LogP contribution in [0.2, 0.25) is 5.02 Å². The van der Waals surface area contributed by atoms with E-state index in [1.807, 2.05) is 0 Å². The van der Waals surface area contributed by atoms with Crippen molar-refractivity contribution in [2.75, 3.05) is 17.6 Å². The van der Waals surface area contributed by atoms with Crippen molar-refractivity contribution in [3.8, 4) is 11.1 Å². The fourth-order valence-electron chi connectivity index (χ4n) is 3.96. The topological polar surface area (TPSA) is 90.3 Å². The van der Waals surface area contributed by atoms with E-state index in [0.717, 1.165) is 17.7 Å². The second kappa shape index (κ2) is 10.6. The van der Waals surface area contributed by atoms with E-state index in [2.05, 4.69) is 9.71 Å². The minimum atomic E-state index is -3.88. The summed E-state index contributed by atoms with van der Waals surface area (Å²) in [6.07, 6.45) is 2.79. The first-order valence-corrected chi connectivity index (χ1v) is 13.4. The maximum absolute atomic E-state index is 15.4. The van der Waals surface area contributed by atoms with Gasteiger partial charge >= 0.3 is 0 Å². The fraction of sp³-hybridized carbons (Fsp3) is 0.231. The number of ketones is 1. The molecule has 2 aromatic carbocycles. The summed E-state index contributed by atoms with van der Waals surface area (Å²) in [6.45, 7) is 3.38. The predicted molar refractivity (Wildman–Crippen MR) is 139 cm³/mol. The number of sulfonamides is 1. The standard InChI is InChI=1S/C26H24ClF2N3O4S/c1-4-11-37(34,35)31-22-10-9-21(28)23(24(22)29)25(33)20-14-32(15(2)36-3)26-19(20)12-17(13-30-26)16-5-7-18(27)8-6-16/h5-10,12-15,31H,4,11H2,1-3H3. The molecular weight excluding hydrogens is 524 g/mol. The summed E-state index contributed by atoms with van der Waals surface area (Å²) in [6, 6.07) is 10.5. The van der Waals surface area contributed by atoms with E-state index in [9.17, 15) is 17.6 Å². The molecule has 1 unspecified atom stereocenters. The molecule has 0 saturated carbocycles. The molecule has 0 saturated heterocycles. The molecule has 0 fully saturated rings. The van der Waals surface area contributed by atoms with Crippen LogP contribution in [-0.4, -0.2) is 36.6 Å². The lowest BCUT2D eigenvalue weighted by Gasteiger charge is -2.12. The third kappa shape index (κ3) is 5.36. The summed E-state index contributed by atoms with van der Waals surface area (Å²) in [5.41, 5.74) is 0.395. The summed E-state index contributed by atoms with van der Waals surface area (Å²) in [4.78, 5) is 18.1. The van der Waals surface area contributed by atoms with Crippen LogP contribution in [0.15, 0.2) is 54.9 Å². The molecule has 4 rings (SSSR count). The molecule has 1 N–H and O–H groups in total. The Labute approximate surface area is 218 Å². The Kier molecular flexibility index (Phi) is 7.63. The quantitative estimate of drug-likeness (QED) is 0.253. The fourth-order valence-corrected chi connectivity index (χ4v) is 5.22. The summed E-state index contributed by atoms with van der Waals surface area (Å²) >= 11 is 5.99. The Hall–Kier alpha value is -3.34. The number of halogens is 3. The van der Waals surface area contributed by atoms with E-state index < -0.39 is 44.9 Å². The number of pyridine rings is 1.